The molecule has 2 aromatic heterocycles. The minimum atomic E-state index is -3.83. The summed E-state index contributed by atoms with van der Waals surface area (Å²) in [7, 11) is -3.83. The van der Waals surface area contributed by atoms with Crippen molar-refractivity contribution >= 4 is 39.0 Å². The first-order chi connectivity index (χ1) is 8.49. The van der Waals surface area contributed by atoms with Crippen molar-refractivity contribution in [2.75, 3.05) is 4.72 Å². The second-order valence-corrected chi connectivity index (χ2v) is 5.64. The van der Waals surface area contributed by atoms with Gasteiger partial charge in [0.1, 0.15) is 21.0 Å². The van der Waals surface area contributed by atoms with Gasteiger partial charge < -0.3 is 0 Å². The van der Waals surface area contributed by atoms with Crippen LogP contribution in [0.2, 0.25) is 10.3 Å². The van der Waals surface area contributed by atoms with Crippen LogP contribution in [-0.2, 0) is 10.0 Å². The summed E-state index contributed by atoms with van der Waals surface area (Å²) in [5, 5.41) is 0.0829. The third-order valence-electron chi connectivity index (χ3n) is 1.97. The summed E-state index contributed by atoms with van der Waals surface area (Å²) < 4.78 is 26.3. The normalized spacial score (nSPS) is 11.2. The molecule has 0 aromatic carbocycles. The molecule has 0 bridgehead atoms. The molecular formula is C10H7Cl2N3O2S. The van der Waals surface area contributed by atoms with Crippen LogP contribution in [0.4, 0.5) is 5.82 Å². The Morgan fingerprint density at radius 1 is 1.11 bits per heavy atom. The zero-order valence-electron chi connectivity index (χ0n) is 8.84. The lowest BCUT2D eigenvalue weighted by Crippen LogP contribution is -2.14. The van der Waals surface area contributed by atoms with Crippen molar-refractivity contribution in [1.82, 2.24) is 9.97 Å². The summed E-state index contributed by atoms with van der Waals surface area (Å²) in [6.45, 7) is 0. The average Bonchev–Trinajstić information content (AvgIpc) is 2.28. The Balaban J connectivity index is 2.37. The molecule has 18 heavy (non-hydrogen) atoms. The third-order valence-corrected chi connectivity index (χ3v) is 3.98. The molecule has 0 aliphatic carbocycles. The molecule has 0 saturated heterocycles. The quantitative estimate of drug-likeness (QED) is 0.885. The summed E-state index contributed by atoms with van der Waals surface area (Å²) in [4.78, 5) is 7.41. The molecule has 2 rings (SSSR count). The summed E-state index contributed by atoms with van der Waals surface area (Å²) >= 11 is 11.4. The minimum absolute atomic E-state index is 0.105. The number of nitrogens with one attached hydrogen (secondary N) is 1. The Labute approximate surface area is 114 Å². The van der Waals surface area contributed by atoms with Crippen molar-refractivity contribution in [3.8, 4) is 0 Å². The van der Waals surface area contributed by atoms with Gasteiger partial charge in [0, 0.05) is 6.20 Å². The zero-order valence-corrected chi connectivity index (χ0v) is 11.2. The highest BCUT2D eigenvalue weighted by molar-refractivity contribution is 7.92. The lowest BCUT2D eigenvalue weighted by Gasteiger charge is -2.07. The highest BCUT2D eigenvalue weighted by Gasteiger charge is 2.18. The molecule has 0 radical (unpaired) electrons. The Bertz CT molecular complexity index is 676. The first kappa shape index (κ1) is 13.1. The predicted octanol–water partition coefficient (Wildman–Crippen LogP) is 2.58. The van der Waals surface area contributed by atoms with Crippen LogP contribution in [0, 0.1) is 0 Å². The van der Waals surface area contributed by atoms with E-state index >= 15 is 0 Å². The highest BCUT2D eigenvalue weighted by atomic mass is 35.5. The number of anilines is 1. The van der Waals surface area contributed by atoms with Gasteiger partial charge in [-0.3, -0.25) is 4.72 Å². The summed E-state index contributed by atoms with van der Waals surface area (Å²) in [5.74, 6) is 0.113. The molecule has 0 saturated carbocycles. The Morgan fingerprint density at radius 2 is 1.89 bits per heavy atom. The molecule has 2 heterocycles. The number of rotatable bonds is 3. The summed E-state index contributed by atoms with van der Waals surface area (Å²) in [6, 6.07) is 7.43. The van der Waals surface area contributed by atoms with E-state index in [0.717, 1.165) is 0 Å². The maximum atomic E-state index is 12.0. The standard InChI is InChI=1S/C10H7Cl2N3O2S/c11-8-4-1-5-9(14-8)15-18(16,17)7-3-2-6-13-10(7)12/h1-6H,(H,14,15). The van der Waals surface area contributed by atoms with Gasteiger partial charge in [-0.05, 0) is 24.3 Å². The Hall–Kier alpha value is -1.37. The van der Waals surface area contributed by atoms with E-state index in [4.69, 9.17) is 23.2 Å². The van der Waals surface area contributed by atoms with Gasteiger partial charge in [0.05, 0.1) is 0 Å². The second-order valence-electron chi connectivity index (χ2n) is 3.24. The maximum absolute atomic E-state index is 12.0. The van der Waals surface area contributed by atoms with E-state index in [1.54, 1.807) is 6.07 Å². The molecule has 0 aliphatic heterocycles. The van der Waals surface area contributed by atoms with Crippen molar-refractivity contribution in [1.29, 1.82) is 0 Å². The van der Waals surface area contributed by atoms with Gasteiger partial charge >= 0.3 is 0 Å². The van der Waals surface area contributed by atoms with Gasteiger partial charge in [-0.2, -0.15) is 0 Å². The lowest BCUT2D eigenvalue weighted by molar-refractivity contribution is 0.600. The smallest absolute Gasteiger partial charge is 0.263 e. The molecule has 0 fully saturated rings. The van der Waals surface area contributed by atoms with Gasteiger partial charge in [-0.15, -0.1) is 0 Å². The lowest BCUT2D eigenvalue weighted by atomic mass is 10.5. The van der Waals surface area contributed by atoms with Gasteiger partial charge in [0.25, 0.3) is 10.0 Å². The van der Waals surface area contributed by atoms with Gasteiger partial charge in [-0.1, -0.05) is 29.3 Å². The molecule has 0 aliphatic rings. The molecule has 0 unspecified atom stereocenters. The van der Waals surface area contributed by atoms with Crippen LogP contribution in [0.1, 0.15) is 0 Å². The monoisotopic (exact) mass is 303 g/mol. The molecule has 1 N–H and O–H groups in total. The maximum Gasteiger partial charge on any atom is 0.266 e. The molecule has 0 spiro atoms. The highest BCUT2D eigenvalue weighted by Crippen LogP contribution is 2.21. The van der Waals surface area contributed by atoms with Crippen LogP contribution < -0.4 is 4.72 Å². The minimum Gasteiger partial charge on any atom is -0.263 e. The molecule has 0 atom stereocenters. The van der Waals surface area contributed by atoms with E-state index in [9.17, 15) is 8.42 Å². The van der Waals surface area contributed by atoms with Crippen LogP contribution in [0.5, 0.6) is 0 Å². The van der Waals surface area contributed by atoms with Crippen LogP contribution >= 0.6 is 23.2 Å². The zero-order chi connectivity index (χ0) is 13.2. The van der Waals surface area contributed by atoms with E-state index in [1.165, 1.54) is 30.5 Å². The number of hydrogen-bond acceptors (Lipinski definition) is 4. The molecule has 94 valence electrons. The Kier molecular flexibility index (Phi) is 3.70. The van der Waals surface area contributed by atoms with E-state index < -0.39 is 10.0 Å². The van der Waals surface area contributed by atoms with E-state index in [1.807, 2.05) is 0 Å². The molecule has 2 aromatic rings. The molecule has 8 heteroatoms. The fraction of sp³-hybridized carbons (Fsp3) is 0. The largest absolute Gasteiger partial charge is 0.266 e. The van der Waals surface area contributed by atoms with Crippen molar-refractivity contribution in [2.45, 2.75) is 4.90 Å². The number of pyridine rings is 2. The number of hydrogen-bond donors (Lipinski definition) is 1. The molecule has 0 amide bonds. The predicted molar refractivity (Wildman–Crippen MR) is 69.3 cm³/mol. The fourth-order valence-corrected chi connectivity index (χ4v) is 2.85. The Morgan fingerprint density at radius 3 is 2.56 bits per heavy atom. The van der Waals surface area contributed by atoms with Crippen LogP contribution in [0.25, 0.3) is 0 Å². The third kappa shape index (κ3) is 2.90. The number of sulfonamides is 1. The van der Waals surface area contributed by atoms with Gasteiger partial charge in [-0.25, -0.2) is 18.4 Å². The number of nitrogens with zero attached hydrogens (tertiary/aromatic N) is 2. The molecule has 5 nitrogen and oxygen atoms in total. The molecular weight excluding hydrogens is 297 g/mol. The first-order valence-electron chi connectivity index (χ1n) is 4.75. The average molecular weight is 304 g/mol. The summed E-state index contributed by atoms with van der Waals surface area (Å²) in [6.07, 6.45) is 1.40. The topological polar surface area (TPSA) is 72.0 Å². The van der Waals surface area contributed by atoms with Gasteiger partial charge in [0.15, 0.2) is 0 Å². The van der Waals surface area contributed by atoms with E-state index in [2.05, 4.69) is 14.7 Å². The number of aromatic nitrogens is 2. The van der Waals surface area contributed by atoms with Crippen LogP contribution in [0.15, 0.2) is 41.4 Å². The van der Waals surface area contributed by atoms with Crippen molar-refractivity contribution in [2.24, 2.45) is 0 Å². The fourth-order valence-electron chi connectivity index (χ4n) is 1.23. The van der Waals surface area contributed by atoms with Crippen molar-refractivity contribution in [3.63, 3.8) is 0 Å². The van der Waals surface area contributed by atoms with Crippen molar-refractivity contribution in [3.05, 3.63) is 46.8 Å². The van der Waals surface area contributed by atoms with Crippen LogP contribution in [-0.4, -0.2) is 18.4 Å². The van der Waals surface area contributed by atoms with Gasteiger partial charge in [0.2, 0.25) is 0 Å². The number of halogens is 2. The van der Waals surface area contributed by atoms with E-state index in [0.29, 0.717) is 0 Å². The van der Waals surface area contributed by atoms with Crippen molar-refractivity contribution < 1.29 is 8.42 Å². The SMILES string of the molecule is O=S(=O)(Nc1cccc(Cl)n1)c1cccnc1Cl. The second kappa shape index (κ2) is 5.09. The van der Waals surface area contributed by atoms with E-state index in [-0.39, 0.29) is 21.0 Å². The summed E-state index contributed by atoms with van der Waals surface area (Å²) in [5.41, 5.74) is 0. The van der Waals surface area contributed by atoms with Crippen LogP contribution in [0.3, 0.4) is 0 Å². The first-order valence-corrected chi connectivity index (χ1v) is 6.99.